The Morgan fingerprint density at radius 3 is 2.75 bits per heavy atom. The van der Waals surface area contributed by atoms with Gasteiger partial charge in [-0.25, -0.2) is 0 Å². The quantitative estimate of drug-likeness (QED) is 0.772. The Morgan fingerprint density at radius 1 is 1.25 bits per heavy atom. The summed E-state index contributed by atoms with van der Waals surface area (Å²) in [5.74, 6) is 0.622. The Balaban J connectivity index is 1.83. The van der Waals surface area contributed by atoms with Crippen LogP contribution in [0.4, 0.5) is 0 Å². The van der Waals surface area contributed by atoms with Crippen LogP contribution in [0.15, 0.2) is 24.3 Å². The second-order valence-electron chi connectivity index (χ2n) is 4.96. The summed E-state index contributed by atoms with van der Waals surface area (Å²) in [6.07, 6.45) is 1.15. The minimum Gasteiger partial charge on any atom is -0.366 e. The molecule has 2 nitrogen and oxygen atoms in total. The van der Waals surface area contributed by atoms with Crippen LogP contribution in [0.3, 0.4) is 0 Å². The lowest BCUT2D eigenvalue weighted by molar-refractivity contribution is 0.00926. The average Bonchev–Trinajstić information content (AvgIpc) is 2.28. The van der Waals surface area contributed by atoms with E-state index in [2.05, 4.69) is 43.0 Å². The van der Waals surface area contributed by atoms with Crippen molar-refractivity contribution in [2.45, 2.75) is 26.8 Å². The molecule has 1 aromatic rings. The third-order valence-electron chi connectivity index (χ3n) is 2.93. The summed E-state index contributed by atoms with van der Waals surface area (Å²) in [7, 11) is 0. The Hall–Kier alpha value is -0.860. The molecule has 2 heteroatoms. The van der Waals surface area contributed by atoms with Crippen molar-refractivity contribution in [1.82, 2.24) is 4.90 Å². The van der Waals surface area contributed by atoms with Gasteiger partial charge in [0.15, 0.2) is 0 Å². The molecule has 0 atom stereocenters. The van der Waals surface area contributed by atoms with Gasteiger partial charge in [0.1, 0.15) is 0 Å². The van der Waals surface area contributed by atoms with Crippen LogP contribution in [0.2, 0.25) is 0 Å². The standard InChI is InChI=1S/C14H21NO/c1-12(2)10-16-11-15-8-7-13-5-3-4-6-14(13)9-15/h3-6,12H,7-11H2,1-2H3. The van der Waals surface area contributed by atoms with Crippen LogP contribution in [-0.2, 0) is 17.7 Å². The van der Waals surface area contributed by atoms with Gasteiger partial charge in [-0.1, -0.05) is 38.1 Å². The van der Waals surface area contributed by atoms with E-state index in [1.807, 2.05) is 0 Å². The molecule has 0 radical (unpaired) electrons. The second-order valence-corrected chi connectivity index (χ2v) is 4.96. The molecule has 0 N–H and O–H groups in total. The van der Waals surface area contributed by atoms with Gasteiger partial charge in [0.25, 0.3) is 0 Å². The fourth-order valence-electron chi connectivity index (χ4n) is 2.08. The van der Waals surface area contributed by atoms with Gasteiger partial charge in [0, 0.05) is 13.1 Å². The summed E-state index contributed by atoms with van der Waals surface area (Å²) < 4.78 is 5.68. The Morgan fingerprint density at radius 2 is 2.00 bits per heavy atom. The molecule has 0 saturated heterocycles. The van der Waals surface area contributed by atoms with Gasteiger partial charge in [-0.05, 0) is 23.5 Å². The maximum absolute atomic E-state index is 5.68. The van der Waals surface area contributed by atoms with Gasteiger partial charge < -0.3 is 4.74 Å². The fourth-order valence-corrected chi connectivity index (χ4v) is 2.08. The van der Waals surface area contributed by atoms with Crippen molar-refractivity contribution in [3.63, 3.8) is 0 Å². The lowest BCUT2D eigenvalue weighted by atomic mass is 10.0. The van der Waals surface area contributed by atoms with E-state index in [-0.39, 0.29) is 0 Å². The SMILES string of the molecule is CC(C)COCN1CCc2ccccc2C1. The maximum atomic E-state index is 5.68. The molecule has 1 aromatic carbocycles. The molecular formula is C14H21NO. The van der Waals surface area contributed by atoms with Gasteiger partial charge in [0.05, 0.1) is 13.3 Å². The van der Waals surface area contributed by atoms with Crippen molar-refractivity contribution >= 4 is 0 Å². The van der Waals surface area contributed by atoms with E-state index in [1.165, 1.54) is 11.1 Å². The largest absolute Gasteiger partial charge is 0.366 e. The fraction of sp³-hybridized carbons (Fsp3) is 0.571. The van der Waals surface area contributed by atoms with E-state index in [1.54, 1.807) is 0 Å². The van der Waals surface area contributed by atoms with Crippen molar-refractivity contribution in [3.05, 3.63) is 35.4 Å². The molecule has 0 spiro atoms. The molecule has 0 unspecified atom stereocenters. The first kappa shape index (κ1) is 11.6. The summed E-state index contributed by atoms with van der Waals surface area (Å²) in [6, 6.07) is 8.71. The summed E-state index contributed by atoms with van der Waals surface area (Å²) in [5, 5.41) is 0. The molecule has 2 rings (SSSR count). The Kier molecular flexibility index (Phi) is 3.97. The van der Waals surface area contributed by atoms with Crippen LogP contribution in [0.25, 0.3) is 0 Å². The zero-order valence-electron chi connectivity index (χ0n) is 10.3. The van der Waals surface area contributed by atoms with E-state index < -0.39 is 0 Å². The van der Waals surface area contributed by atoms with Gasteiger partial charge in [-0.15, -0.1) is 0 Å². The van der Waals surface area contributed by atoms with Crippen molar-refractivity contribution in [1.29, 1.82) is 0 Å². The summed E-state index contributed by atoms with van der Waals surface area (Å²) >= 11 is 0. The Labute approximate surface area is 98.2 Å². The predicted molar refractivity (Wildman–Crippen MR) is 66.2 cm³/mol. The molecule has 16 heavy (non-hydrogen) atoms. The third kappa shape index (κ3) is 3.06. The second kappa shape index (κ2) is 5.46. The molecule has 1 heterocycles. The van der Waals surface area contributed by atoms with Crippen LogP contribution in [0.1, 0.15) is 25.0 Å². The topological polar surface area (TPSA) is 12.5 Å². The summed E-state index contributed by atoms with van der Waals surface area (Å²) in [4.78, 5) is 2.38. The van der Waals surface area contributed by atoms with E-state index in [9.17, 15) is 0 Å². The molecular weight excluding hydrogens is 198 g/mol. The molecule has 0 aliphatic carbocycles. The number of hydrogen-bond donors (Lipinski definition) is 0. The van der Waals surface area contributed by atoms with Gasteiger partial charge in [0.2, 0.25) is 0 Å². The zero-order valence-corrected chi connectivity index (χ0v) is 10.3. The molecule has 1 aliphatic heterocycles. The highest BCUT2D eigenvalue weighted by Crippen LogP contribution is 2.18. The monoisotopic (exact) mass is 219 g/mol. The van der Waals surface area contributed by atoms with Crippen molar-refractivity contribution in [3.8, 4) is 0 Å². The highest BCUT2D eigenvalue weighted by Gasteiger charge is 2.15. The number of fused-ring (bicyclic) bond motifs is 1. The van der Waals surface area contributed by atoms with Crippen LogP contribution >= 0.6 is 0 Å². The number of ether oxygens (including phenoxy) is 1. The normalized spacial score (nSPS) is 16.4. The number of rotatable bonds is 4. The molecule has 0 fully saturated rings. The maximum Gasteiger partial charge on any atom is 0.0993 e. The highest BCUT2D eigenvalue weighted by molar-refractivity contribution is 5.28. The van der Waals surface area contributed by atoms with Crippen LogP contribution in [0.5, 0.6) is 0 Å². The zero-order chi connectivity index (χ0) is 11.4. The van der Waals surface area contributed by atoms with Gasteiger partial charge in [-0.2, -0.15) is 0 Å². The molecule has 0 bridgehead atoms. The molecule has 0 aromatic heterocycles. The molecule has 0 saturated carbocycles. The van der Waals surface area contributed by atoms with E-state index in [0.717, 1.165) is 32.8 Å². The average molecular weight is 219 g/mol. The lowest BCUT2D eigenvalue weighted by Crippen LogP contribution is -2.32. The van der Waals surface area contributed by atoms with Gasteiger partial charge >= 0.3 is 0 Å². The first-order chi connectivity index (χ1) is 7.75. The number of benzene rings is 1. The Bertz CT molecular complexity index is 335. The summed E-state index contributed by atoms with van der Waals surface area (Å²) in [6.45, 7) is 8.16. The van der Waals surface area contributed by atoms with Gasteiger partial charge in [-0.3, -0.25) is 4.90 Å². The minimum atomic E-state index is 0.622. The smallest absolute Gasteiger partial charge is 0.0993 e. The van der Waals surface area contributed by atoms with Crippen molar-refractivity contribution in [2.75, 3.05) is 19.9 Å². The third-order valence-corrected chi connectivity index (χ3v) is 2.93. The van der Waals surface area contributed by atoms with Crippen LogP contribution in [0, 0.1) is 5.92 Å². The predicted octanol–water partition coefficient (Wildman–Crippen LogP) is 2.67. The van der Waals surface area contributed by atoms with Crippen LogP contribution in [-0.4, -0.2) is 24.8 Å². The first-order valence-electron chi connectivity index (χ1n) is 6.12. The van der Waals surface area contributed by atoms with Crippen LogP contribution < -0.4 is 0 Å². The highest BCUT2D eigenvalue weighted by atomic mass is 16.5. The lowest BCUT2D eigenvalue weighted by Gasteiger charge is -2.28. The van der Waals surface area contributed by atoms with E-state index >= 15 is 0 Å². The van der Waals surface area contributed by atoms with E-state index in [0.29, 0.717) is 5.92 Å². The molecule has 0 amide bonds. The minimum absolute atomic E-state index is 0.622. The first-order valence-corrected chi connectivity index (χ1v) is 6.12. The van der Waals surface area contributed by atoms with E-state index in [4.69, 9.17) is 4.74 Å². The molecule has 88 valence electrons. The van der Waals surface area contributed by atoms with Crippen molar-refractivity contribution in [2.24, 2.45) is 5.92 Å². The van der Waals surface area contributed by atoms with Crippen molar-refractivity contribution < 1.29 is 4.74 Å². The summed E-state index contributed by atoms with van der Waals surface area (Å²) in [5.41, 5.74) is 2.96. The molecule has 1 aliphatic rings. The number of hydrogen-bond acceptors (Lipinski definition) is 2. The number of nitrogens with zero attached hydrogens (tertiary/aromatic N) is 1.